The normalized spacial score (nSPS) is 11.9. The number of aryl methyl sites for hydroxylation is 1. The maximum Gasteiger partial charge on any atom is 0.419 e. The van der Waals surface area contributed by atoms with Crippen LogP contribution >= 0.6 is 22.9 Å². The van der Waals surface area contributed by atoms with Crippen LogP contribution in [0.25, 0.3) is 11.1 Å². The summed E-state index contributed by atoms with van der Waals surface area (Å²) >= 11 is 6.71. The lowest BCUT2D eigenvalue weighted by molar-refractivity contribution is 0.528. The molecule has 0 saturated carbocycles. The van der Waals surface area contributed by atoms with Gasteiger partial charge in [0.1, 0.15) is 4.21 Å². The number of anilines is 1. The molecule has 0 atom stereocenters. The van der Waals surface area contributed by atoms with Crippen molar-refractivity contribution in [3.63, 3.8) is 0 Å². The molecule has 0 saturated heterocycles. The SMILES string of the molecule is Cn1c(=O)oc2ccc(NS(=O)(=O)c3ccc(Cl)s3)cc21. The van der Waals surface area contributed by atoms with Crippen molar-refractivity contribution in [2.24, 2.45) is 7.05 Å². The Morgan fingerprint density at radius 1 is 1.29 bits per heavy atom. The number of hydrogen-bond acceptors (Lipinski definition) is 5. The van der Waals surface area contributed by atoms with E-state index in [-0.39, 0.29) is 4.21 Å². The maximum atomic E-state index is 12.2. The van der Waals surface area contributed by atoms with Crippen molar-refractivity contribution in [3.8, 4) is 0 Å². The number of nitrogens with one attached hydrogen (secondary N) is 1. The molecule has 1 aromatic carbocycles. The first kappa shape index (κ1) is 14.2. The topological polar surface area (TPSA) is 81.3 Å². The van der Waals surface area contributed by atoms with Gasteiger partial charge in [0.15, 0.2) is 5.58 Å². The van der Waals surface area contributed by atoms with Gasteiger partial charge in [-0.3, -0.25) is 9.29 Å². The summed E-state index contributed by atoms with van der Waals surface area (Å²) in [5.41, 5.74) is 1.23. The van der Waals surface area contributed by atoms with Gasteiger partial charge in [-0.2, -0.15) is 0 Å². The third-order valence-corrected chi connectivity index (χ3v) is 5.96. The number of sulfonamides is 1. The molecule has 2 aromatic heterocycles. The van der Waals surface area contributed by atoms with Gasteiger partial charge in [-0.25, -0.2) is 13.2 Å². The molecule has 0 aliphatic carbocycles. The number of nitrogens with zero attached hydrogens (tertiary/aromatic N) is 1. The molecule has 3 rings (SSSR count). The van der Waals surface area contributed by atoms with Gasteiger partial charge in [-0.05, 0) is 30.3 Å². The number of hydrogen-bond donors (Lipinski definition) is 1. The number of rotatable bonds is 3. The summed E-state index contributed by atoms with van der Waals surface area (Å²) in [6.07, 6.45) is 0. The van der Waals surface area contributed by atoms with E-state index in [1.54, 1.807) is 7.05 Å². The van der Waals surface area contributed by atoms with Crippen molar-refractivity contribution >= 4 is 49.7 Å². The van der Waals surface area contributed by atoms with Gasteiger partial charge in [0.25, 0.3) is 10.0 Å². The highest BCUT2D eigenvalue weighted by Crippen LogP contribution is 2.28. The highest BCUT2D eigenvalue weighted by atomic mass is 35.5. The van der Waals surface area contributed by atoms with Crippen LogP contribution in [-0.2, 0) is 17.1 Å². The van der Waals surface area contributed by atoms with Gasteiger partial charge in [-0.15, -0.1) is 11.3 Å². The van der Waals surface area contributed by atoms with E-state index in [4.69, 9.17) is 16.0 Å². The fraction of sp³-hybridized carbons (Fsp3) is 0.0833. The highest BCUT2D eigenvalue weighted by Gasteiger charge is 2.17. The molecule has 110 valence electrons. The van der Waals surface area contributed by atoms with Crippen molar-refractivity contribution in [2.45, 2.75) is 4.21 Å². The van der Waals surface area contributed by atoms with Crippen LogP contribution in [0.3, 0.4) is 0 Å². The van der Waals surface area contributed by atoms with Crippen LogP contribution in [0.15, 0.2) is 43.8 Å². The molecular weight excluding hydrogens is 336 g/mol. The Kier molecular flexibility index (Phi) is 3.31. The number of oxazole rings is 1. The van der Waals surface area contributed by atoms with Gasteiger partial charge < -0.3 is 4.42 Å². The molecule has 0 aliphatic heterocycles. The van der Waals surface area contributed by atoms with Crippen molar-refractivity contribution in [1.29, 1.82) is 0 Å². The van der Waals surface area contributed by atoms with Gasteiger partial charge >= 0.3 is 5.76 Å². The van der Waals surface area contributed by atoms with Crippen LogP contribution in [0.1, 0.15) is 0 Å². The zero-order valence-electron chi connectivity index (χ0n) is 10.7. The number of aromatic nitrogens is 1. The minimum absolute atomic E-state index is 0.119. The lowest BCUT2D eigenvalue weighted by Gasteiger charge is -2.06. The van der Waals surface area contributed by atoms with Gasteiger partial charge in [0, 0.05) is 7.05 Å². The molecule has 9 heteroatoms. The molecule has 0 spiro atoms. The number of halogens is 1. The van der Waals surface area contributed by atoms with Gasteiger partial charge in [0.2, 0.25) is 0 Å². The highest BCUT2D eigenvalue weighted by molar-refractivity contribution is 7.94. The summed E-state index contributed by atoms with van der Waals surface area (Å²) in [5.74, 6) is -0.505. The van der Waals surface area contributed by atoms with E-state index in [0.717, 1.165) is 11.3 Å². The summed E-state index contributed by atoms with van der Waals surface area (Å²) in [4.78, 5) is 11.4. The Hall–Kier alpha value is -1.77. The minimum Gasteiger partial charge on any atom is -0.408 e. The Morgan fingerprint density at radius 2 is 2.05 bits per heavy atom. The zero-order chi connectivity index (χ0) is 15.2. The number of benzene rings is 1. The second-order valence-electron chi connectivity index (χ2n) is 4.27. The molecule has 1 N–H and O–H groups in total. The summed E-state index contributed by atoms with van der Waals surface area (Å²) in [7, 11) is -2.15. The van der Waals surface area contributed by atoms with Crippen LogP contribution in [0.2, 0.25) is 4.34 Å². The average Bonchev–Trinajstić information content (AvgIpc) is 2.96. The summed E-state index contributed by atoms with van der Waals surface area (Å²) in [5, 5.41) is 0. The molecule has 0 unspecified atom stereocenters. The van der Waals surface area contributed by atoms with Crippen molar-refractivity contribution in [3.05, 3.63) is 45.2 Å². The van der Waals surface area contributed by atoms with E-state index in [0.29, 0.717) is 21.1 Å². The lowest BCUT2D eigenvalue weighted by Crippen LogP contribution is -2.12. The summed E-state index contributed by atoms with van der Waals surface area (Å²) < 4.78 is 33.6. The molecular formula is C12H9ClN2O4S2. The summed E-state index contributed by atoms with van der Waals surface area (Å²) in [6, 6.07) is 7.55. The van der Waals surface area contributed by atoms with Gasteiger partial charge in [-0.1, -0.05) is 11.6 Å². The summed E-state index contributed by atoms with van der Waals surface area (Å²) in [6.45, 7) is 0. The fourth-order valence-corrected chi connectivity index (χ4v) is 4.37. The van der Waals surface area contributed by atoms with E-state index < -0.39 is 15.8 Å². The quantitative estimate of drug-likeness (QED) is 0.792. The van der Waals surface area contributed by atoms with Crippen LogP contribution in [0, 0.1) is 0 Å². The predicted octanol–water partition coefficient (Wildman–Crippen LogP) is 2.65. The second kappa shape index (κ2) is 4.90. The minimum atomic E-state index is -3.70. The van der Waals surface area contributed by atoms with E-state index in [2.05, 4.69) is 4.72 Å². The fourth-order valence-electron chi connectivity index (χ4n) is 1.84. The molecule has 3 aromatic rings. The third-order valence-electron chi connectivity index (χ3n) is 2.86. The van der Waals surface area contributed by atoms with Crippen LogP contribution in [-0.4, -0.2) is 13.0 Å². The molecule has 0 bridgehead atoms. The van der Waals surface area contributed by atoms with Gasteiger partial charge in [0.05, 0.1) is 15.5 Å². The predicted molar refractivity (Wildman–Crippen MR) is 81.6 cm³/mol. The van der Waals surface area contributed by atoms with Crippen molar-refractivity contribution in [1.82, 2.24) is 4.57 Å². The Morgan fingerprint density at radius 3 is 2.71 bits per heavy atom. The lowest BCUT2D eigenvalue weighted by atomic mass is 10.3. The molecule has 6 nitrogen and oxygen atoms in total. The first-order valence-corrected chi connectivity index (χ1v) is 8.42. The Labute approximate surface area is 128 Å². The van der Waals surface area contributed by atoms with Crippen LogP contribution in [0.5, 0.6) is 0 Å². The standard InChI is InChI=1S/C12H9ClN2O4S2/c1-15-8-6-7(2-3-9(8)19-12(15)16)14-21(17,18)11-5-4-10(13)20-11/h2-6,14H,1H3. The van der Waals surface area contributed by atoms with E-state index >= 15 is 0 Å². The monoisotopic (exact) mass is 344 g/mol. The molecule has 2 heterocycles. The molecule has 0 radical (unpaired) electrons. The van der Waals surface area contributed by atoms with Crippen molar-refractivity contribution < 1.29 is 12.8 Å². The zero-order valence-corrected chi connectivity index (χ0v) is 13.1. The van der Waals surface area contributed by atoms with E-state index in [1.165, 1.54) is 34.9 Å². The molecule has 0 fully saturated rings. The number of thiophene rings is 1. The largest absolute Gasteiger partial charge is 0.419 e. The molecule has 0 aliphatic rings. The maximum absolute atomic E-state index is 12.2. The molecule has 0 amide bonds. The second-order valence-corrected chi connectivity index (χ2v) is 7.90. The van der Waals surface area contributed by atoms with Crippen LogP contribution in [0.4, 0.5) is 5.69 Å². The Balaban J connectivity index is 2.01. The number of fused-ring (bicyclic) bond motifs is 1. The smallest absolute Gasteiger partial charge is 0.408 e. The van der Waals surface area contributed by atoms with Crippen molar-refractivity contribution in [2.75, 3.05) is 4.72 Å². The van der Waals surface area contributed by atoms with Crippen LogP contribution < -0.4 is 10.5 Å². The molecule has 21 heavy (non-hydrogen) atoms. The first-order chi connectivity index (χ1) is 9.87. The first-order valence-electron chi connectivity index (χ1n) is 5.74. The third kappa shape index (κ3) is 2.57. The van der Waals surface area contributed by atoms with E-state index in [9.17, 15) is 13.2 Å². The average molecular weight is 345 g/mol. The van der Waals surface area contributed by atoms with E-state index in [1.807, 2.05) is 0 Å². The Bertz CT molecular complexity index is 984.